The van der Waals surface area contributed by atoms with Gasteiger partial charge < -0.3 is 5.32 Å². The molecule has 4 nitrogen and oxygen atoms in total. The Morgan fingerprint density at radius 3 is 2.55 bits per heavy atom. The van der Waals surface area contributed by atoms with Gasteiger partial charge in [-0.05, 0) is 17.7 Å². The molecule has 0 bridgehead atoms. The molecule has 0 aliphatic rings. The minimum atomic E-state index is -0.0360. The van der Waals surface area contributed by atoms with Crippen molar-refractivity contribution in [3.63, 3.8) is 0 Å². The van der Waals surface area contributed by atoms with Crippen molar-refractivity contribution < 1.29 is 0 Å². The van der Waals surface area contributed by atoms with E-state index in [0.717, 1.165) is 5.56 Å². The van der Waals surface area contributed by atoms with E-state index in [2.05, 4.69) is 10.3 Å². The molecule has 1 aromatic heterocycles. The standard InChI is InChI=1S/C16H15N3O/c1-19-15(20)13-9-5-6-10-14(13)18-16(19)17-11-12-7-3-2-4-8-12/h2-10H,11H2,1H3,(H,17,18). The topological polar surface area (TPSA) is 46.9 Å². The average Bonchev–Trinajstić information content (AvgIpc) is 2.50. The van der Waals surface area contributed by atoms with Crippen molar-refractivity contribution in [1.82, 2.24) is 9.55 Å². The summed E-state index contributed by atoms with van der Waals surface area (Å²) in [6.45, 7) is 0.638. The predicted molar refractivity (Wildman–Crippen MR) is 80.8 cm³/mol. The van der Waals surface area contributed by atoms with Crippen molar-refractivity contribution in [2.24, 2.45) is 7.05 Å². The van der Waals surface area contributed by atoms with Crippen LogP contribution < -0.4 is 10.9 Å². The number of para-hydroxylation sites is 1. The first kappa shape index (κ1) is 12.4. The van der Waals surface area contributed by atoms with E-state index in [4.69, 9.17) is 0 Å². The highest BCUT2D eigenvalue weighted by Crippen LogP contribution is 2.11. The number of nitrogens with one attached hydrogen (secondary N) is 1. The monoisotopic (exact) mass is 265 g/mol. The maximum atomic E-state index is 12.2. The number of hydrogen-bond donors (Lipinski definition) is 1. The van der Waals surface area contributed by atoms with E-state index in [1.165, 1.54) is 0 Å². The van der Waals surface area contributed by atoms with E-state index in [0.29, 0.717) is 23.4 Å². The first-order chi connectivity index (χ1) is 9.75. The number of benzene rings is 2. The summed E-state index contributed by atoms with van der Waals surface area (Å²) >= 11 is 0. The van der Waals surface area contributed by atoms with Crippen molar-refractivity contribution in [2.75, 3.05) is 5.32 Å². The number of fused-ring (bicyclic) bond motifs is 1. The largest absolute Gasteiger partial charge is 0.351 e. The molecule has 100 valence electrons. The molecule has 1 heterocycles. The third-order valence-electron chi connectivity index (χ3n) is 3.28. The van der Waals surface area contributed by atoms with E-state index in [1.54, 1.807) is 17.7 Å². The van der Waals surface area contributed by atoms with Crippen molar-refractivity contribution in [2.45, 2.75) is 6.54 Å². The molecule has 0 radical (unpaired) electrons. The summed E-state index contributed by atoms with van der Waals surface area (Å²) in [5.41, 5.74) is 1.83. The molecule has 0 saturated heterocycles. The highest BCUT2D eigenvalue weighted by Gasteiger charge is 2.06. The Kier molecular flexibility index (Phi) is 3.21. The van der Waals surface area contributed by atoms with Crippen LogP contribution in [-0.4, -0.2) is 9.55 Å². The molecule has 2 aromatic carbocycles. The molecule has 3 rings (SSSR count). The van der Waals surface area contributed by atoms with Crippen LogP contribution in [0.1, 0.15) is 5.56 Å². The van der Waals surface area contributed by atoms with Crippen LogP contribution in [0, 0.1) is 0 Å². The summed E-state index contributed by atoms with van der Waals surface area (Å²) in [7, 11) is 1.73. The lowest BCUT2D eigenvalue weighted by atomic mass is 10.2. The summed E-state index contributed by atoms with van der Waals surface area (Å²) in [6, 6.07) is 17.4. The van der Waals surface area contributed by atoms with Crippen LogP contribution in [0.4, 0.5) is 5.95 Å². The van der Waals surface area contributed by atoms with Gasteiger partial charge in [-0.2, -0.15) is 0 Å². The molecule has 0 saturated carbocycles. The second-order valence-electron chi connectivity index (χ2n) is 4.66. The molecule has 0 unspecified atom stereocenters. The Labute approximate surface area is 116 Å². The summed E-state index contributed by atoms with van der Waals surface area (Å²) in [5, 5.41) is 3.85. The fourth-order valence-electron chi connectivity index (χ4n) is 2.15. The molecule has 0 fully saturated rings. The Bertz CT molecular complexity index is 794. The fraction of sp³-hybridized carbons (Fsp3) is 0.125. The molecular weight excluding hydrogens is 250 g/mol. The van der Waals surface area contributed by atoms with Crippen LogP contribution in [-0.2, 0) is 13.6 Å². The Hall–Kier alpha value is -2.62. The van der Waals surface area contributed by atoms with Crippen molar-refractivity contribution in [3.05, 3.63) is 70.5 Å². The van der Waals surface area contributed by atoms with Gasteiger partial charge >= 0.3 is 0 Å². The molecule has 1 N–H and O–H groups in total. The van der Waals surface area contributed by atoms with E-state index >= 15 is 0 Å². The molecular formula is C16H15N3O. The van der Waals surface area contributed by atoms with Gasteiger partial charge in [0.2, 0.25) is 5.95 Å². The Morgan fingerprint density at radius 1 is 1.05 bits per heavy atom. The fourth-order valence-corrected chi connectivity index (χ4v) is 2.15. The van der Waals surface area contributed by atoms with Gasteiger partial charge in [-0.1, -0.05) is 42.5 Å². The lowest BCUT2D eigenvalue weighted by Crippen LogP contribution is -2.22. The minimum Gasteiger partial charge on any atom is -0.351 e. The van der Waals surface area contributed by atoms with E-state index < -0.39 is 0 Å². The van der Waals surface area contributed by atoms with Gasteiger partial charge in [0.15, 0.2) is 0 Å². The number of hydrogen-bond acceptors (Lipinski definition) is 3. The summed E-state index contributed by atoms with van der Waals surface area (Å²) in [5.74, 6) is 0.581. The maximum Gasteiger partial charge on any atom is 0.262 e. The molecule has 0 aliphatic heterocycles. The first-order valence-electron chi connectivity index (χ1n) is 6.49. The van der Waals surface area contributed by atoms with Gasteiger partial charge in [0, 0.05) is 13.6 Å². The molecule has 0 aliphatic carbocycles. The Morgan fingerprint density at radius 2 is 1.75 bits per heavy atom. The summed E-state index contributed by atoms with van der Waals surface area (Å²) in [6.07, 6.45) is 0. The van der Waals surface area contributed by atoms with Crippen LogP contribution in [0.5, 0.6) is 0 Å². The molecule has 4 heteroatoms. The lowest BCUT2D eigenvalue weighted by molar-refractivity contribution is 0.838. The summed E-state index contributed by atoms with van der Waals surface area (Å²) < 4.78 is 1.55. The second-order valence-corrected chi connectivity index (χ2v) is 4.66. The maximum absolute atomic E-state index is 12.2. The highest BCUT2D eigenvalue weighted by atomic mass is 16.1. The highest BCUT2D eigenvalue weighted by molar-refractivity contribution is 5.78. The smallest absolute Gasteiger partial charge is 0.262 e. The number of rotatable bonds is 3. The zero-order valence-electron chi connectivity index (χ0n) is 11.2. The van der Waals surface area contributed by atoms with Gasteiger partial charge in [0.25, 0.3) is 5.56 Å². The normalized spacial score (nSPS) is 10.7. The molecule has 0 spiro atoms. The van der Waals surface area contributed by atoms with Crippen LogP contribution in [0.2, 0.25) is 0 Å². The second kappa shape index (κ2) is 5.17. The third kappa shape index (κ3) is 2.28. The van der Waals surface area contributed by atoms with Crippen LogP contribution in [0.25, 0.3) is 10.9 Å². The van der Waals surface area contributed by atoms with E-state index in [-0.39, 0.29) is 5.56 Å². The van der Waals surface area contributed by atoms with Crippen molar-refractivity contribution >= 4 is 16.9 Å². The van der Waals surface area contributed by atoms with Crippen LogP contribution >= 0.6 is 0 Å². The minimum absolute atomic E-state index is 0.0360. The van der Waals surface area contributed by atoms with E-state index in [9.17, 15) is 4.79 Å². The quantitative estimate of drug-likeness (QED) is 0.791. The van der Waals surface area contributed by atoms with Crippen LogP contribution in [0.15, 0.2) is 59.4 Å². The van der Waals surface area contributed by atoms with Gasteiger partial charge in [-0.25, -0.2) is 4.98 Å². The van der Waals surface area contributed by atoms with E-state index in [1.807, 2.05) is 48.5 Å². The molecule has 20 heavy (non-hydrogen) atoms. The van der Waals surface area contributed by atoms with Gasteiger partial charge in [0.1, 0.15) is 0 Å². The van der Waals surface area contributed by atoms with Crippen molar-refractivity contribution in [3.8, 4) is 0 Å². The molecule has 0 atom stereocenters. The first-order valence-corrected chi connectivity index (χ1v) is 6.49. The molecule has 0 amide bonds. The molecule has 3 aromatic rings. The van der Waals surface area contributed by atoms with Crippen LogP contribution in [0.3, 0.4) is 0 Å². The predicted octanol–water partition coefficient (Wildman–Crippen LogP) is 2.55. The number of nitrogens with zero attached hydrogens (tertiary/aromatic N) is 2. The zero-order chi connectivity index (χ0) is 13.9. The van der Waals surface area contributed by atoms with Gasteiger partial charge in [0.05, 0.1) is 10.9 Å². The third-order valence-corrected chi connectivity index (χ3v) is 3.28. The average molecular weight is 265 g/mol. The Balaban J connectivity index is 1.96. The zero-order valence-corrected chi connectivity index (χ0v) is 11.2. The van der Waals surface area contributed by atoms with Gasteiger partial charge in [-0.3, -0.25) is 9.36 Å². The van der Waals surface area contributed by atoms with Crippen molar-refractivity contribution in [1.29, 1.82) is 0 Å². The SMILES string of the molecule is Cn1c(NCc2ccccc2)nc2ccccc2c1=O. The number of anilines is 1. The van der Waals surface area contributed by atoms with Gasteiger partial charge in [-0.15, -0.1) is 0 Å². The lowest BCUT2D eigenvalue weighted by Gasteiger charge is -2.11. The summed E-state index contributed by atoms with van der Waals surface area (Å²) in [4.78, 5) is 16.7. The number of aromatic nitrogens is 2.